The molecule has 0 spiro atoms. The molecule has 36 heavy (non-hydrogen) atoms. The number of hydrogen-bond donors (Lipinski definition) is 2. The largest absolute Gasteiger partial charge is 0.481 e. The Bertz CT molecular complexity index is 1250. The number of hydrogen-bond acceptors (Lipinski definition) is 7. The normalized spacial score (nSPS) is 15.1. The van der Waals surface area contributed by atoms with Crippen molar-refractivity contribution in [3.05, 3.63) is 45.8 Å². The zero-order valence-electron chi connectivity index (χ0n) is 19.3. The van der Waals surface area contributed by atoms with E-state index in [1.54, 1.807) is 4.72 Å². The number of aliphatic carboxylic acids is 1. The van der Waals surface area contributed by atoms with E-state index in [4.69, 9.17) is 37.8 Å². The number of benzene rings is 1. The summed E-state index contributed by atoms with van der Waals surface area (Å²) in [6, 6.07) is 3.17. The number of ether oxygens (including phenoxy) is 2. The number of carboxylic acids is 1. The van der Waals surface area contributed by atoms with E-state index in [9.17, 15) is 22.4 Å². The fraction of sp³-hybridized carbons (Fsp3) is 0.409. The van der Waals surface area contributed by atoms with Crippen molar-refractivity contribution in [1.82, 2.24) is 14.0 Å². The van der Waals surface area contributed by atoms with Crippen molar-refractivity contribution in [2.75, 3.05) is 19.7 Å². The van der Waals surface area contributed by atoms with E-state index in [1.165, 1.54) is 12.3 Å². The summed E-state index contributed by atoms with van der Waals surface area (Å²) in [7, 11) is -4.32. The lowest BCUT2D eigenvalue weighted by molar-refractivity contribution is -0.142. The molecule has 0 bridgehead atoms. The fourth-order valence-electron chi connectivity index (χ4n) is 3.30. The molecular formula is C22H24Cl2FN3O7S. The minimum Gasteiger partial charge on any atom is -0.481 e. The number of aromatic nitrogens is 1. The summed E-state index contributed by atoms with van der Waals surface area (Å²) in [4.78, 5) is 27.6. The first-order valence-corrected chi connectivity index (χ1v) is 13.1. The Labute approximate surface area is 217 Å². The molecule has 1 aromatic carbocycles. The second kappa shape index (κ2) is 11.6. The summed E-state index contributed by atoms with van der Waals surface area (Å²) in [5, 5.41) is 9.04. The van der Waals surface area contributed by atoms with Gasteiger partial charge in [0, 0.05) is 25.2 Å². The van der Waals surface area contributed by atoms with Crippen molar-refractivity contribution in [1.29, 1.82) is 0 Å². The first kappa shape index (κ1) is 27.9. The van der Waals surface area contributed by atoms with Gasteiger partial charge in [-0.3, -0.25) is 9.59 Å². The van der Waals surface area contributed by atoms with Gasteiger partial charge in [-0.05, 0) is 24.8 Å². The monoisotopic (exact) mass is 563 g/mol. The molecule has 1 amide bonds. The summed E-state index contributed by atoms with van der Waals surface area (Å²) in [6.45, 7) is 4.15. The average Bonchev–Trinajstić information content (AvgIpc) is 2.80. The van der Waals surface area contributed by atoms with Crippen molar-refractivity contribution < 1.29 is 37.0 Å². The van der Waals surface area contributed by atoms with Crippen molar-refractivity contribution in [2.45, 2.75) is 26.7 Å². The Morgan fingerprint density at radius 3 is 2.47 bits per heavy atom. The van der Waals surface area contributed by atoms with Gasteiger partial charge in [0.15, 0.2) is 0 Å². The van der Waals surface area contributed by atoms with Gasteiger partial charge in [0.25, 0.3) is 5.91 Å². The van der Waals surface area contributed by atoms with Gasteiger partial charge in [0.1, 0.15) is 22.3 Å². The molecule has 0 unspecified atom stereocenters. The first-order valence-electron chi connectivity index (χ1n) is 10.9. The third-order valence-electron chi connectivity index (χ3n) is 5.19. The highest BCUT2D eigenvalue weighted by Gasteiger charge is 2.32. The third kappa shape index (κ3) is 6.96. The van der Waals surface area contributed by atoms with Crippen molar-refractivity contribution in [3.63, 3.8) is 0 Å². The van der Waals surface area contributed by atoms with Gasteiger partial charge >= 0.3 is 16.2 Å². The third-order valence-corrected chi connectivity index (χ3v) is 7.25. The van der Waals surface area contributed by atoms with Crippen molar-refractivity contribution in [3.8, 4) is 17.4 Å². The van der Waals surface area contributed by atoms with E-state index >= 15 is 0 Å². The van der Waals surface area contributed by atoms with Gasteiger partial charge in [-0.25, -0.2) is 14.1 Å². The van der Waals surface area contributed by atoms with E-state index in [1.807, 2.05) is 13.8 Å². The Morgan fingerprint density at radius 2 is 1.89 bits per heavy atom. The smallest absolute Gasteiger partial charge is 0.306 e. The number of nitrogens with one attached hydrogen (secondary N) is 1. The number of carbonyl (C=O) groups is 2. The second-order valence-electron chi connectivity index (χ2n) is 8.48. The Kier molecular flexibility index (Phi) is 8.98. The summed E-state index contributed by atoms with van der Waals surface area (Å²) >= 11 is 12.3. The van der Waals surface area contributed by atoms with Gasteiger partial charge in [-0.1, -0.05) is 37.0 Å². The molecule has 2 N–H and O–H groups in total. The number of amides is 1. The molecule has 0 aliphatic carbocycles. The van der Waals surface area contributed by atoms with Gasteiger partial charge in [0.05, 0.1) is 29.3 Å². The second-order valence-corrected chi connectivity index (χ2v) is 11.0. The molecule has 1 saturated heterocycles. The highest BCUT2D eigenvalue weighted by Crippen LogP contribution is 2.34. The molecule has 0 atom stereocenters. The molecule has 1 fully saturated rings. The molecule has 2 aromatic rings. The lowest BCUT2D eigenvalue weighted by Gasteiger charge is -2.29. The lowest BCUT2D eigenvalue weighted by Crippen LogP contribution is -2.47. The van der Waals surface area contributed by atoms with Crippen LogP contribution in [0.15, 0.2) is 24.4 Å². The van der Waals surface area contributed by atoms with Crippen LogP contribution in [0.3, 0.4) is 0 Å². The number of halogens is 3. The number of rotatable bonds is 9. The van der Waals surface area contributed by atoms with E-state index in [0.29, 0.717) is 6.61 Å². The lowest BCUT2D eigenvalue weighted by atomic mass is 9.99. The highest BCUT2D eigenvalue weighted by atomic mass is 35.5. The van der Waals surface area contributed by atoms with E-state index in [2.05, 4.69) is 4.98 Å². The molecule has 3 rings (SSSR count). The Hall–Kier alpha value is -2.67. The van der Waals surface area contributed by atoms with Crippen LogP contribution in [-0.2, 0) is 15.0 Å². The maximum atomic E-state index is 14.7. The molecule has 1 aromatic heterocycles. The minimum atomic E-state index is -4.32. The summed E-state index contributed by atoms with van der Waals surface area (Å²) in [5.41, 5.74) is -0.620. The zero-order valence-corrected chi connectivity index (χ0v) is 21.7. The van der Waals surface area contributed by atoms with Crippen LogP contribution in [0, 0.1) is 17.7 Å². The van der Waals surface area contributed by atoms with Crippen LogP contribution < -0.4 is 14.2 Å². The van der Waals surface area contributed by atoms with Crippen LogP contribution in [0.4, 0.5) is 4.39 Å². The van der Waals surface area contributed by atoms with Crippen LogP contribution in [0.5, 0.6) is 17.4 Å². The average molecular weight is 564 g/mol. The maximum Gasteiger partial charge on any atom is 0.306 e. The van der Waals surface area contributed by atoms with Crippen molar-refractivity contribution in [2.24, 2.45) is 11.8 Å². The molecule has 196 valence electrons. The van der Waals surface area contributed by atoms with Crippen LogP contribution in [0.1, 0.15) is 37.0 Å². The number of carbonyl (C=O) groups excluding carboxylic acids is 1. The minimum absolute atomic E-state index is 0.0898. The van der Waals surface area contributed by atoms with Crippen LogP contribution >= 0.6 is 23.2 Å². The Morgan fingerprint density at radius 1 is 1.22 bits per heavy atom. The van der Waals surface area contributed by atoms with Gasteiger partial charge in [-0.15, -0.1) is 0 Å². The Balaban J connectivity index is 1.70. The molecule has 1 aliphatic heterocycles. The van der Waals surface area contributed by atoms with Crippen molar-refractivity contribution >= 4 is 45.3 Å². The topological polar surface area (TPSA) is 135 Å². The van der Waals surface area contributed by atoms with E-state index in [-0.39, 0.29) is 59.3 Å². The summed E-state index contributed by atoms with van der Waals surface area (Å²) in [6.07, 6.45) is 1.50. The molecule has 2 heterocycles. The predicted molar refractivity (Wildman–Crippen MR) is 129 cm³/mol. The standard InChI is InChI=1S/C22H24Cl2FN3O7S/c1-12(2)11-34-21-17(24)7-14(10-26-21)35-19-9-18(25)15(8-16(19)23)20(29)27-36(32,33)28-5-3-13(4-6-28)22(30)31/h7-10,12-13H,3-6,11H2,1-2H3,(H,27,29)(H,30,31). The summed E-state index contributed by atoms with van der Waals surface area (Å²) in [5.74, 6) is -3.56. The predicted octanol–water partition coefficient (Wildman–Crippen LogP) is 4.13. The summed E-state index contributed by atoms with van der Waals surface area (Å²) < 4.78 is 53.5. The molecule has 0 radical (unpaired) electrons. The molecule has 0 saturated carbocycles. The SMILES string of the molecule is CC(C)COc1ncc(Oc2cc(F)c(C(=O)NS(=O)(=O)N3CCC(C(=O)O)CC3)cc2Cl)cc1Cl. The maximum absolute atomic E-state index is 14.7. The number of carboxylic acid groups (broad SMARTS) is 1. The number of nitrogens with zero attached hydrogens (tertiary/aromatic N) is 2. The van der Waals surface area contributed by atoms with Gasteiger partial charge in [0.2, 0.25) is 5.88 Å². The van der Waals surface area contributed by atoms with Crippen LogP contribution in [-0.4, -0.2) is 54.4 Å². The van der Waals surface area contributed by atoms with Crippen LogP contribution in [0.2, 0.25) is 10.0 Å². The number of pyridine rings is 1. The molecule has 14 heteroatoms. The van der Waals surface area contributed by atoms with Crippen LogP contribution in [0.25, 0.3) is 0 Å². The quantitative estimate of drug-likeness (QED) is 0.465. The first-order chi connectivity index (χ1) is 16.9. The molecular weight excluding hydrogens is 540 g/mol. The van der Waals surface area contributed by atoms with Gasteiger partial charge in [-0.2, -0.15) is 12.7 Å². The number of piperidine rings is 1. The van der Waals surface area contributed by atoms with Gasteiger partial charge < -0.3 is 14.6 Å². The van der Waals surface area contributed by atoms with E-state index < -0.39 is 39.4 Å². The zero-order chi connectivity index (χ0) is 26.6. The molecule has 1 aliphatic rings. The van der Waals surface area contributed by atoms with E-state index in [0.717, 1.165) is 16.4 Å². The highest BCUT2D eigenvalue weighted by molar-refractivity contribution is 7.87. The fourth-order valence-corrected chi connectivity index (χ4v) is 4.88. The molecule has 10 nitrogen and oxygen atoms in total.